The topological polar surface area (TPSA) is 33.0 Å². The van der Waals surface area contributed by atoms with Crippen molar-refractivity contribution in [3.8, 4) is 18.1 Å². The molecule has 1 aliphatic carbocycles. The van der Waals surface area contributed by atoms with Gasteiger partial charge in [0.15, 0.2) is 6.10 Å². The molecule has 9 heavy (non-hydrogen) atoms. The Hall–Kier alpha value is -1.41. The summed E-state index contributed by atoms with van der Waals surface area (Å²) in [5, 5.41) is 8.05. The molecular formula is C7H5NO. The first-order valence-corrected chi connectivity index (χ1v) is 2.64. The summed E-state index contributed by atoms with van der Waals surface area (Å²) in [5.41, 5.74) is 0. The second-order valence-corrected chi connectivity index (χ2v) is 1.62. The Balaban J connectivity index is 2.45. The average Bonchev–Trinajstić information content (AvgIpc) is 1.91. The molecule has 1 atom stereocenters. The highest BCUT2D eigenvalue weighted by Crippen LogP contribution is 2.00. The van der Waals surface area contributed by atoms with E-state index in [1.165, 1.54) is 0 Å². The van der Waals surface area contributed by atoms with Gasteiger partial charge < -0.3 is 4.74 Å². The summed E-state index contributed by atoms with van der Waals surface area (Å²) in [4.78, 5) is 0. The van der Waals surface area contributed by atoms with E-state index in [2.05, 4.69) is 16.6 Å². The number of ether oxygens (including phenoxy) is 1. The number of nitrogens with zero attached hydrogens (tertiary/aromatic N) is 1. The van der Waals surface area contributed by atoms with Crippen LogP contribution in [0.2, 0.25) is 0 Å². The van der Waals surface area contributed by atoms with Crippen LogP contribution in [0.4, 0.5) is 0 Å². The van der Waals surface area contributed by atoms with Crippen molar-refractivity contribution in [1.29, 1.82) is 5.26 Å². The lowest BCUT2D eigenvalue weighted by Crippen LogP contribution is -2.06. The predicted octanol–water partition coefficient (Wildman–Crippen LogP) is 0.816. The van der Waals surface area contributed by atoms with E-state index in [1.807, 2.05) is 6.08 Å². The molecule has 1 rings (SSSR count). The van der Waals surface area contributed by atoms with E-state index in [0.29, 0.717) is 0 Å². The van der Waals surface area contributed by atoms with Gasteiger partial charge in [0.1, 0.15) is 0 Å². The number of rotatable bonds is 1. The molecule has 0 aromatic heterocycles. The first kappa shape index (κ1) is 5.72. The number of allylic oxidation sites excluding steroid dienone is 1. The van der Waals surface area contributed by atoms with Crippen LogP contribution in [0.25, 0.3) is 0 Å². The minimum atomic E-state index is -0.208. The average molecular weight is 119 g/mol. The SMILES string of the molecule is N#COC1C#CC=CC1. The maximum Gasteiger partial charge on any atom is 0.287 e. The fourth-order valence-electron chi connectivity index (χ4n) is 0.592. The molecule has 0 saturated heterocycles. The Kier molecular flexibility index (Phi) is 1.77. The van der Waals surface area contributed by atoms with Crippen molar-refractivity contribution in [2.24, 2.45) is 0 Å². The zero-order valence-electron chi connectivity index (χ0n) is 4.79. The van der Waals surface area contributed by atoms with Crippen LogP contribution in [0.15, 0.2) is 12.2 Å². The second-order valence-electron chi connectivity index (χ2n) is 1.62. The van der Waals surface area contributed by atoms with E-state index in [4.69, 9.17) is 5.26 Å². The lowest BCUT2D eigenvalue weighted by molar-refractivity contribution is 0.216. The molecular weight excluding hydrogens is 114 g/mol. The Morgan fingerprint density at radius 3 is 3.22 bits per heavy atom. The van der Waals surface area contributed by atoms with Gasteiger partial charge in [-0.2, -0.15) is 5.26 Å². The molecule has 44 valence electrons. The van der Waals surface area contributed by atoms with Gasteiger partial charge in [0.2, 0.25) is 0 Å². The molecule has 1 aliphatic rings. The van der Waals surface area contributed by atoms with Crippen molar-refractivity contribution in [3.63, 3.8) is 0 Å². The minimum absolute atomic E-state index is 0.208. The maximum atomic E-state index is 8.05. The van der Waals surface area contributed by atoms with Gasteiger partial charge in [-0.05, 0) is 6.08 Å². The van der Waals surface area contributed by atoms with Crippen LogP contribution >= 0.6 is 0 Å². The highest BCUT2D eigenvalue weighted by molar-refractivity contribution is 5.23. The molecule has 0 N–H and O–H groups in total. The van der Waals surface area contributed by atoms with Crippen molar-refractivity contribution < 1.29 is 4.74 Å². The molecule has 0 aliphatic heterocycles. The van der Waals surface area contributed by atoms with Gasteiger partial charge in [-0.3, -0.25) is 0 Å². The molecule has 0 bridgehead atoms. The highest BCUT2D eigenvalue weighted by Gasteiger charge is 2.02. The van der Waals surface area contributed by atoms with Crippen LogP contribution in [0.5, 0.6) is 0 Å². The largest absolute Gasteiger partial charge is 0.411 e. The Morgan fingerprint density at radius 2 is 2.67 bits per heavy atom. The molecule has 2 nitrogen and oxygen atoms in total. The lowest BCUT2D eigenvalue weighted by atomic mass is 10.2. The molecule has 0 heterocycles. The van der Waals surface area contributed by atoms with Crippen LogP contribution in [0.3, 0.4) is 0 Å². The van der Waals surface area contributed by atoms with E-state index >= 15 is 0 Å². The summed E-state index contributed by atoms with van der Waals surface area (Å²) in [5.74, 6) is 5.45. The summed E-state index contributed by atoms with van der Waals surface area (Å²) in [6, 6.07) is 0. The summed E-state index contributed by atoms with van der Waals surface area (Å²) < 4.78 is 4.56. The van der Waals surface area contributed by atoms with Crippen LogP contribution in [-0.4, -0.2) is 6.10 Å². The summed E-state index contributed by atoms with van der Waals surface area (Å²) in [6.07, 6.45) is 5.76. The monoisotopic (exact) mass is 119 g/mol. The maximum absolute atomic E-state index is 8.05. The molecule has 0 spiro atoms. The van der Waals surface area contributed by atoms with Gasteiger partial charge in [-0.25, -0.2) is 0 Å². The zero-order valence-corrected chi connectivity index (χ0v) is 4.79. The van der Waals surface area contributed by atoms with Crippen molar-refractivity contribution in [2.45, 2.75) is 12.5 Å². The Morgan fingerprint density at radius 1 is 1.78 bits per heavy atom. The van der Waals surface area contributed by atoms with E-state index in [9.17, 15) is 0 Å². The molecule has 0 fully saturated rings. The lowest BCUT2D eigenvalue weighted by Gasteiger charge is -2.03. The van der Waals surface area contributed by atoms with E-state index in [1.54, 1.807) is 12.3 Å². The molecule has 1 unspecified atom stereocenters. The van der Waals surface area contributed by atoms with Crippen molar-refractivity contribution in [3.05, 3.63) is 12.2 Å². The van der Waals surface area contributed by atoms with Gasteiger partial charge >= 0.3 is 0 Å². The molecule has 0 aromatic carbocycles. The van der Waals surface area contributed by atoms with Crippen LogP contribution in [0.1, 0.15) is 6.42 Å². The van der Waals surface area contributed by atoms with Crippen molar-refractivity contribution in [2.75, 3.05) is 0 Å². The van der Waals surface area contributed by atoms with Gasteiger partial charge in [0, 0.05) is 6.42 Å². The summed E-state index contributed by atoms with van der Waals surface area (Å²) >= 11 is 0. The number of hydrogen-bond donors (Lipinski definition) is 0. The molecule has 0 saturated carbocycles. The van der Waals surface area contributed by atoms with Crippen LogP contribution in [0, 0.1) is 23.4 Å². The first-order valence-electron chi connectivity index (χ1n) is 2.64. The highest BCUT2D eigenvalue weighted by atomic mass is 16.5. The molecule has 0 aromatic rings. The van der Waals surface area contributed by atoms with Crippen LogP contribution in [-0.2, 0) is 4.74 Å². The van der Waals surface area contributed by atoms with Gasteiger partial charge in [-0.15, -0.1) is 0 Å². The number of nitriles is 1. The Bertz CT molecular complexity index is 213. The Labute approximate surface area is 53.7 Å². The van der Waals surface area contributed by atoms with E-state index in [0.717, 1.165) is 6.42 Å². The van der Waals surface area contributed by atoms with E-state index in [-0.39, 0.29) is 6.10 Å². The van der Waals surface area contributed by atoms with Crippen LogP contribution < -0.4 is 0 Å². The molecule has 0 amide bonds. The second kappa shape index (κ2) is 2.79. The fourth-order valence-corrected chi connectivity index (χ4v) is 0.592. The zero-order chi connectivity index (χ0) is 6.53. The van der Waals surface area contributed by atoms with Gasteiger partial charge in [0.25, 0.3) is 6.26 Å². The van der Waals surface area contributed by atoms with Gasteiger partial charge in [-0.1, -0.05) is 17.9 Å². The third-order valence-corrected chi connectivity index (χ3v) is 0.991. The van der Waals surface area contributed by atoms with Crippen molar-refractivity contribution >= 4 is 0 Å². The number of hydrogen-bond acceptors (Lipinski definition) is 2. The van der Waals surface area contributed by atoms with E-state index < -0.39 is 0 Å². The summed E-state index contributed by atoms with van der Waals surface area (Å²) in [6.45, 7) is 0. The predicted molar refractivity (Wildman–Crippen MR) is 32.0 cm³/mol. The molecule has 0 radical (unpaired) electrons. The summed E-state index contributed by atoms with van der Waals surface area (Å²) in [7, 11) is 0. The quantitative estimate of drug-likeness (QED) is 0.378. The standard InChI is InChI=1S/C7H5NO/c8-6-9-7-4-2-1-3-5-7/h1-2,7H,4H2. The smallest absolute Gasteiger partial charge is 0.287 e. The van der Waals surface area contributed by atoms with Crippen molar-refractivity contribution in [1.82, 2.24) is 0 Å². The molecule has 2 heteroatoms. The minimum Gasteiger partial charge on any atom is -0.411 e. The third-order valence-electron chi connectivity index (χ3n) is 0.991. The third kappa shape index (κ3) is 1.51. The normalized spacial score (nSPS) is 21.4. The van der Waals surface area contributed by atoms with Gasteiger partial charge in [0.05, 0.1) is 0 Å². The first-order chi connectivity index (χ1) is 4.43. The fraction of sp³-hybridized carbons (Fsp3) is 0.286.